The van der Waals surface area contributed by atoms with E-state index in [9.17, 15) is 4.79 Å². The van der Waals surface area contributed by atoms with Gasteiger partial charge in [-0.1, -0.05) is 6.07 Å². The summed E-state index contributed by atoms with van der Waals surface area (Å²) >= 11 is 0. The van der Waals surface area contributed by atoms with Gasteiger partial charge in [-0.3, -0.25) is 14.8 Å². The number of aromatic nitrogens is 5. The van der Waals surface area contributed by atoms with Crippen LogP contribution in [0.5, 0.6) is 0 Å². The van der Waals surface area contributed by atoms with Crippen molar-refractivity contribution in [2.45, 2.75) is 26.8 Å². The average Bonchev–Trinajstić information content (AvgIpc) is 3.18. The molecule has 8 nitrogen and oxygen atoms in total. The minimum absolute atomic E-state index is 0.271. The third-order valence-electron chi connectivity index (χ3n) is 3.74. The van der Waals surface area contributed by atoms with Crippen molar-refractivity contribution in [1.29, 1.82) is 0 Å². The summed E-state index contributed by atoms with van der Waals surface area (Å²) in [7, 11) is 0. The Morgan fingerprint density at radius 2 is 2.20 bits per heavy atom. The van der Waals surface area contributed by atoms with Crippen LogP contribution in [0.1, 0.15) is 17.8 Å². The topological polar surface area (TPSA) is 101 Å². The van der Waals surface area contributed by atoms with Crippen LogP contribution in [0, 0.1) is 13.8 Å². The maximum atomic E-state index is 12.1. The number of H-pyrrole nitrogens is 1. The van der Waals surface area contributed by atoms with Gasteiger partial charge >= 0.3 is 6.03 Å². The van der Waals surface area contributed by atoms with Gasteiger partial charge in [-0.25, -0.2) is 4.79 Å². The molecule has 0 aliphatic heterocycles. The average molecular weight is 339 g/mol. The van der Waals surface area contributed by atoms with Gasteiger partial charge in [-0.05, 0) is 38.5 Å². The van der Waals surface area contributed by atoms with Gasteiger partial charge in [0.25, 0.3) is 0 Å². The van der Waals surface area contributed by atoms with E-state index in [-0.39, 0.29) is 6.03 Å². The lowest BCUT2D eigenvalue weighted by Gasteiger charge is -2.08. The number of hydrogen-bond donors (Lipinski definition) is 3. The summed E-state index contributed by atoms with van der Waals surface area (Å²) < 4.78 is 1.95. The zero-order chi connectivity index (χ0) is 17.6. The number of nitrogens with zero attached hydrogens (tertiary/aromatic N) is 4. The molecular formula is C17H21N7O. The van der Waals surface area contributed by atoms with Gasteiger partial charge in [0.1, 0.15) is 5.69 Å². The predicted octanol–water partition coefficient (Wildman–Crippen LogP) is 2.50. The SMILES string of the molecule is Cc1cc(C)n(CCCNC(=O)Nc2cn[nH]c2-c2ccccn2)n1. The maximum Gasteiger partial charge on any atom is 0.319 e. The molecule has 0 unspecified atom stereocenters. The third-order valence-corrected chi connectivity index (χ3v) is 3.74. The molecule has 0 saturated carbocycles. The number of nitrogens with one attached hydrogen (secondary N) is 3. The summed E-state index contributed by atoms with van der Waals surface area (Å²) in [6.45, 7) is 5.32. The number of urea groups is 1. The minimum atomic E-state index is -0.271. The molecule has 130 valence electrons. The Labute approximate surface area is 145 Å². The van der Waals surface area contributed by atoms with Crippen LogP contribution in [0.15, 0.2) is 36.7 Å². The highest BCUT2D eigenvalue weighted by atomic mass is 16.2. The quantitative estimate of drug-likeness (QED) is 0.601. The van der Waals surface area contributed by atoms with E-state index in [1.54, 1.807) is 12.4 Å². The second kappa shape index (κ2) is 7.61. The zero-order valence-corrected chi connectivity index (χ0v) is 14.3. The van der Waals surface area contributed by atoms with Crippen molar-refractivity contribution in [3.8, 4) is 11.4 Å². The van der Waals surface area contributed by atoms with E-state index in [1.807, 2.05) is 42.8 Å². The van der Waals surface area contributed by atoms with Crippen LogP contribution in [0.25, 0.3) is 11.4 Å². The van der Waals surface area contributed by atoms with Gasteiger partial charge < -0.3 is 10.6 Å². The molecule has 3 rings (SSSR count). The lowest BCUT2D eigenvalue weighted by molar-refractivity contribution is 0.251. The molecule has 0 bridgehead atoms. The Hall–Kier alpha value is -3.16. The largest absolute Gasteiger partial charge is 0.338 e. The molecule has 0 saturated heterocycles. The first-order valence-corrected chi connectivity index (χ1v) is 8.14. The molecule has 8 heteroatoms. The van der Waals surface area contributed by atoms with Gasteiger partial charge in [0.05, 0.1) is 23.3 Å². The molecule has 3 N–H and O–H groups in total. The normalized spacial score (nSPS) is 10.6. The number of pyridine rings is 1. The van der Waals surface area contributed by atoms with E-state index in [0.717, 1.165) is 30.0 Å². The van der Waals surface area contributed by atoms with Crippen LogP contribution in [-0.4, -0.2) is 37.5 Å². The van der Waals surface area contributed by atoms with Crippen molar-refractivity contribution in [3.05, 3.63) is 48.0 Å². The number of hydrogen-bond acceptors (Lipinski definition) is 4. The minimum Gasteiger partial charge on any atom is -0.338 e. The molecule has 0 spiro atoms. The Kier molecular flexibility index (Phi) is 5.08. The Morgan fingerprint density at radius 1 is 1.32 bits per heavy atom. The van der Waals surface area contributed by atoms with Crippen molar-refractivity contribution in [3.63, 3.8) is 0 Å². The van der Waals surface area contributed by atoms with Gasteiger partial charge in [-0.2, -0.15) is 10.2 Å². The smallest absolute Gasteiger partial charge is 0.319 e. The van der Waals surface area contributed by atoms with Crippen LogP contribution in [-0.2, 0) is 6.54 Å². The number of aromatic amines is 1. The van der Waals surface area contributed by atoms with Gasteiger partial charge in [0, 0.05) is 25.0 Å². The van der Waals surface area contributed by atoms with E-state index in [1.165, 1.54) is 0 Å². The third kappa shape index (κ3) is 4.23. The Bertz CT molecular complexity index is 838. The van der Waals surface area contributed by atoms with Crippen LogP contribution < -0.4 is 10.6 Å². The fourth-order valence-electron chi connectivity index (χ4n) is 2.59. The molecule has 0 aliphatic carbocycles. The highest BCUT2D eigenvalue weighted by molar-refractivity contribution is 5.92. The van der Waals surface area contributed by atoms with Crippen LogP contribution in [0.3, 0.4) is 0 Å². The van der Waals surface area contributed by atoms with Crippen LogP contribution in [0.2, 0.25) is 0 Å². The molecule has 0 radical (unpaired) electrons. The Balaban J connectivity index is 1.49. The molecule has 0 fully saturated rings. The first-order chi connectivity index (χ1) is 12.1. The lowest BCUT2D eigenvalue weighted by atomic mass is 10.2. The monoisotopic (exact) mass is 339 g/mol. The van der Waals surface area contributed by atoms with E-state index < -0.39 is 0 Å². The van der Waals surface area contributed by atoms with Crippen LogP contribution >= 0.6 is 0 Å². The van der Waals surface area contributed by atoms with Crippen molar-refractivity contribution in [2.24, 2.45) is 0 Å². The van der Waals surface area contributed by atoms with Gasteiger partial charge in [0.15, 0.2) is 0 Å². The maximum absolute atomic E-state index is 12.1. The zero-order valence-electron chi connectivity index (χ0n) is 14.3. The van der Waals surface area contributed by atoms with E-state index in [2.05, 4.69) is 30.9 Å². The molecule has 0 atom stereocenters. The summed E-state index contributed by atoms with van der Waals surface area (Å²) in [6.07, 6.45) is 4.06. The predicted molar refractivity (Wildman–Crippen MR) is 95.2 cm³/mol. The number of anilines is 1. The van der Waals surface area contributed by atoms with E-state index in [4.69, 9.17) is 0 Å². The Morgan fingerprint density at radius 3 is 2.92 bits per heavy atom. The number of aryl methyl sites for hydroxylation is 3. The second-order valence-electron chi connectivity index (χ2n) is 5.76. The van der Waals surface area contributed by atoms with Crippen molar-refractivity contribution < 1.29 is 4.79 Å². The fraction of sp³-hybridized carbons (Fsp3) is 0.294. The number of carbonyl (C=O) groups excluding carboxylic acids is 1. The molecule has 2 amide bonds. The van der Waals surface area contributed by atoms with Crippen molar-refractivity contribution in [2.75, 3.05) is 11.9 Å². The number of carbonyl (C=O) groups is 1. The molecule has 25 heavy (non-hydrogen) atoms. The summed E-state index contributed by atoms with van der Waals surface area (Å²) in [6, 6.07) is 7.34. The summed E-state index contributed by atoms with van der Waals surface area (Å²) in [4.78, 5) is 16.3. The summed E-state index contributed by atoms with van der Waals surface area (Å²) in [5.41, 5.74) is 4.12. The fourth-order valence-corrected chi connectivity index (χ4v) is 2.59. The van der Waals surface area contributed by atoms with Gasteiger partial charge in [0.2, 0.25) is 0 Å². The lowest BCUT2D eigenvalue weighted by Crippen LogP contribution is -2.30. The molecule has 0 aromatic carbocycles. The van der Waals surface area contributed by atoms with Gasteiger partial charge in [-0.15, -0.1) is 0 Å². The van der Waals surface area contributed by atoms with E-state index in [0.29, 0.717) is 17.9 Å². The first-order valence-electron chi connectivity index (χ1n) is 8.14. The molecule has 3 heterocycles. The number of rotatable bonds is 6. The highest BCUT2D eigenvalue weighted by Crippen LogP contribution is 2.22. The van der Waals surface area contributed by atoms with E-state index >= 15 is 0 Å². The molecular weight excluding hydrogens is 318 g/mol. The second-order valence-corrected chi connectivity index (χ2v) is 5.76. The van der Waals surface area contributed by atoms with Crippen molar-refractivity contribution >= 4 is 11.7 Å². The standard InChI is InChI=1S/C17H21N7O/c1-12-10-13(2)24(23-12)9-5-8-19-17(25)21-15-11-20-22-16(15)14-6-3-4-7-18-14/h3-4,6-7,10-11H,5,8-9H2,1-2H3,(H,20,22)(H2,19,21,25). The first kappa shape index (κ1) is 16.7. The molecule has 3 aromatic rings. The summed E-state index contributed by atoms with van der Waals surface area (Å²) in [5.74, 6) is 0. The van der Waals surface area contributed by atoms with Crippen LogP contribution in [0.4, 0.5) is 10.5 Å². The number of amides is 2. The van der Waals surface area contributed by atoms with Crippen molar-refractivity contribution in [1.82, 2.24) is 30.3 Å². The summed E-state index contributed by atoms with van der Waals surface area (Å²) in [5, 5.41) is 16.9. The highest BCUT2D eigenvalue weighted by Gasteiger charge is 2.11. The molecule has 3 aromatic heterocycles. The molecule has 0 aliphatic rings.